The number of benzene rings is 2. The summed E-state index contributed by atoms with van der Waals surface area (Å²) in [6, 6.07) is 15.8. The number of likely N-dealkylation sites (N-methyl/N-ethyl adjacent to an activating group) is 1. The molecule has 0 aliphatic heterocycles. The first-order valence-corrected chi connectivity index (χ1v) is 12.5. The lowest BCUT2D eigenvalue weighted by atomic mass is 10.00. The highest BCUT2D eigenvalue weighted by Crippen LogP contribution is 2.29. The van der Waals surface area contributed by atoms with Gasteiger partial charge in [-0.25, -0.2) is 4.98 Å². The fourth-order valence-corrected chi connectivity index (χ4v) is 4.33. The first kappa shape index (κ1) is 25.9. The summed E-state index contributed by atoms with van der Waals surface area (Å²) >= 11 is 0. The maximum atomic E-state index is 13.0. The summed E-state index contributed by atoms with van der Waals surface area (Å²) in [6.45, 7) is 6.08. The predicted molar refractivity (Wildman–Crippen MR) is 145 cm³/mol. The number of aryl methyl sites for hydroxylation is 2. The quantitative estimate of drug-likeness (QED) is 0.280. The Morgan fingerprint density at radius 1 is 1.08 bits per heavy atom. The molecule has 2 aromatic heterocycles. The van der Waals surface area contributed by atoms with Gasteiger partial charge < -0.3 is 14.8 Å². The first-order valence-electron chi connectivity index (χ1n) is 12.5. The Kier molecular flexibility index (Phi) is 7.86. The number of carbonyl (C=O) groups excluding carboxylic acids is 1. The molecule has 0 saturated carbocycles. The Hall–Kier alpha value is -4.20. The largest absolute Gasteiger partial charge is 0.481 e. The van der Waals surface area contributed by atoms with Crippen LogP contribution in [0.3, 0.4) is 0 Å². The molecule has 0 aliphatic rings. The minimum absolute atomic E-state index is 0.0298. The van der Waals surface area contributed by atoms with Crippen LogP contribution in [0, 0.1) is 0 Å². The number of para-hydroxylation sites is 1. The van der Waals surface area contributed by atoms with Gasteiger partial charge in [0.05, 0.1) is 12.8 Å². The summed E-state index contributed by atoms with van der Waals surface area (Å²) in [7, 11) is 1.68. The van der Waals surface area contributed by atoms with Gasteiger partial charge in [0.15, 0.2) is 5.58 Å². The molecule has 4 rings (SSSR count). The van der Waals surface area contributed by atoms with Crippen LogP contribution in [0.1, 0.15) is 55.4 Å². The number of nitrogens with one attached hydrogen (secondary N) is 1. The van der Waals surface area contributed by atoms with E-state index in [2.05, 4.69) is 47.3 Å². The van der Waals surface area contributed by atoms with Crippen LogP contribution in [0.5, 0.6) is 0 Å². The number of pyridine rings is 1. The van der Waals surface area contributed by atoms with Crippen LogP contribution in [-0.4, -0.2) is 34.0 Å². The second kappa shape index (κ2) is 11.2. The summed E-state index contributed by atoms with van der Waals surface area (Å²) < 4.78 is 6.00. The molecule has 0 bridgehead atoms. The highest BCUT2D eigenvalue weighted by Gasteiger charge is 2.17. The molecular weight excluding hydrogens is 468 g/mol. The summed E-state index contributed by atoms with van der Waals surface area (Å²) in [5.41, 5.74) is 6.39. The number of aliphatic carboxylic acids is 1. The van der Waals surface area contributed by atoms with Crippen molar-refractivity contribution in [1.82, 2.24) is 9.97 Å². The average molecular weight is 501 g/mol. The number of hydrogen-bond acceptors (Lipinski definition) is 6. The molecule has 0 saturated heterocycles. The lowest BCUT2D eigenvalue weighted by molar-refractivity contribution is -0.137. The second-order valence-electron chi connectivity index (χ2n) is 9.18. The predicted octanol–water partition coefficient (Wildman–Crippen LogP) is 5.87. The van der Waals surface area contributed by atoms with E-state index in [0.717, 1.165) is 29.7 Å². The maximum absolute atomic E-state index is 13.0. The zero-order valence-corrected chi connectivity index (χ0v) is 21.6. The van der Waals surface area contributed by atoms with Gasteiger partial charge >= 0.3 is 5.97 Å². The van der Waals surface area contributed by atoms with E-state index >= 15 is 0 Å². The molecular formula is C29H32N4O4. The number of amides is 1. The molecule has 37 heavy (non-hydrogen) atoms. The zero-order valence-electron chi connectivity index (χ0n) is 21.6. The standard InChI is InChI=1S/C29H32N4O4/c1-5-20-8-7-9-21(6-2)28(20)32-29-31-23-12-10-19(15-24(23)37-29)16-26(34)33(4)25-13-11-22(17-30-25)18(3)14-27(35)36/h7-13,15,17-18H,5-6,14,16H2,1-4H3,(H,31,32)(H,35,36). The molecule has 1 amide bonds. The fourth-order valence-electron chi connectivity index (χ4n) is 4.33. The molecule has 0 aliphatic carbocycles. The molecule has 2 heterocycles. The van der Waals surface area contributed by atoms with Crippen LogP contribution >= 0.6 is 0 Å². The van der Waals surface area contributed by atoms with Crippen molar-refractivity contribution in [3.05, 3.63) is 77.0 Å². The van der Waals surface area contributed by atoms with Gasteiger partial charge in [-0.15, -0.1) is 0 Å². The highest BCUT2D eigenvalue weighted by atomic mass is 16.4. The van der Waals surface area contributed by atoms with Crippen LogP contribution in [0.25, 0.3) is 11.1 Å². The Morgan fingerprint density at radius 2 is 1.81 bits per heavy atom. The van der Waals surface area contributed by atoms with Crippen molar-refractivity contribution in [2.45, 2.75) is 52.4 Å². The van der Waals surface area contributed by atoms with Crippen LogP contribution in [0.15, 0.2) is 59.1 Å². The highest BCUT2D eigenvalue weighted by molar-refractivity contribution is 5.93. The summed E-state index contributed by atoms with van der Waals surface area (Å²) in [5.74, 6) is -0.630. The van der Waals surface area contributed by atoms with E-state index in [1.54, 1.807) is 19.3 Å². The van der Waals surface area contributed by atoms with Crippen LogP contribution < -0.4 is 10.2 Å². The van der Waals surface area contributed by atoms with Crippen molar-refractivity contribution >= 4 is 40.5 Å². The molecule has 0 spiro atoms. The van der Waals surface area contributed by atoms with Gasteiger partial charge in [0.25, 0.3) is 6.01 Å². The number of rotatable bonds is 10. The third-order valence-electron chi connectivity index (χ3n) is 6.58. The van der Waals surface area contributed by atoms with Gasteiger partial charge in [0.1, 0.15) is 11.3 Å². The van der Waals surface area contributed by atoms with E-state index in [0.29, 0.717) is 22.9 Å². The van der Waals surface area contributed by atoms with Gasteiger partial charge in [-0.3, -0.25) is 14.5 Å². The maximum Gasteiger partial charge on any atom is 0.303 e. The van der Waals surface area contributed by atoms with Crippen LogP contribution in [0.4, 0.5) is 17.5 Å². The number of carboxylic acid groups (broad SMARTS) is 1. The van der Waals surface area contributed by atoms with Gasteiger partial charge in [-0.1, -0.05) is 51.1 Å². The third kappa shape index (κ3) is 5.97. The van der Waals surface area contributed by atoms with E-state index in [4.69, 9.17) is 9.52 Å². The van der Waals surface area contributed by atoms with E-state index in [-0.39, 0.29) is 24.7 Å². The minimum Gasteiger partial charge on any atom is -0.481 e. The van der Waals surface area contributed by atoms with Gasteiger partial charge in [-0.05, 0) is 59.2 Å². The van der Waals surface area contributed by atoms with Crippen molar-refractivity contribution in [1.29, 1.82) is 0 Å². The van der Waals surface area contributed by atoms with Gasteiger partial charge in [0.2, 0.25) is 5.91 Å². The monoisotopic (exact) mass is 500 g/mol. The van der Waals surface area contributed by atoms with Crippen molar-refractivity contribution in [3.63, 3.8) is 0 Å². The Balaban J connectivity index is 1.46. The molecule has 1 unspecified atom stereocenters. The van der Waals surface area contributed by atoms with Crippen molar-refractivity contribution in [3.8, 4) is 0 Å². The minimum atomic E-state index is -0.855. The number of nitrogens with zero attached hydrogens (tertiary/aromatic N) is 3. The number of carbonyl (C=O) groups is 2. The number of oxazole rings is 1. The fraction of sp³-hybridized carbons (Fsp3) is 0.310. The van der Waals surface area contributed by atoms with Crippen LogP contribution in [-0.2, 0) is 28.9 Å². The number of carboxylic acids is 1. The van der Waals surface area contributed by atoms with E-state index in [1.807, 2.05) is 31.2 Å². The first-order chi connectivity index (χ1) is 17.8. The topological polar surface area (TPSA) is 109 Å². The Labute approximate surface area is 216 Å². The molecule has 0 fully saturated rings. The number of hydrogen-bond donors (Lipinski definition) is 2. The molecule has 1 atom stereocenters. The summed E-state index contributed by atoms with van der Waals surface area (Å²) in [4.78, 5) is 34.3. The molecule has 192 valence electrons. The van der Waals surface area contributed by atoms with E-state index in [9.17, 15) is 9.59 Å². The molecule has 8 nitrogen and oxygen atoms in total. The average Bonchev–Trinajstić information content (AvgIpc) is 3.29. The lowest BCUT2D eigenvalue weighted by Gasteiger charge is -2.17. The second-order valence-corrected chi connectivity index (χ2v) is 9.18. The smallest absolute Gasteiger partial charge is 0.303 e. The van der Waals surface area contributed by atoms with Gasteiger partial charge in [0, 0.05) is 18.9 Å². The Morgan fingerprint density at radius 3 is 2.43 bits per heavy atom. The molecule has 2 N–H and O–H groups in total. The lowest BCUT2D eigenvalue weighted by Crippen LogP contribution is -2.28. The van der Waals surface area contributed by atoms with Crippen molar-refractivity contribution in [2.75, 3.05) is 17.3 Å². The SMILES string of the molecule is CCc1cccc(CC)c1Nc1nc2ccc(CC(=O)N(C)c3ccc(C(C)CC(=O)O)cn3)cc2o1. The van der Waals surface area contributed by atoms with E-state index in [1.165, 1.54) is 16.0 Å². The molecule has 2 aromatic carbocycles. The number of anilines is 3. The van der Waals surface area contributed by atoms with Crippen molar-refractivity contribution < 1.29 is 19.1 Å². The number of fused-ring (bicyclic) bond motifs is 1. The van der Waals surface area contributed by atoms with Crippen LogP contribution in [0.2, 0.25) is 0 Å². The van der Waals surface area contributed by atoms with E-state index < -0.39 is 5.97 Å². The van der Waals surface area contributed by atoms with Crippen molar-refractivity contribution in [2.24, 2.45) is 0 Å². The Bertz CT molecular complexity index is 1390. The molecule has 0 radical (unpaired) electrons. The number of aromatic nitrogens is 2. The molecule has 8 heteroatoms. The zero-order chi connectivity index (χ0) is 26.5. The summed E-state index contributed by atoms with van der Waals surface area (Å²) in [5, 5.41) is 12.4. The third-order valence-corrected chi connectivity index (χ3v) is 6.58. The summed E-state index contributed by atoms with van der Waals surface area (Å²) in [6.07, 6.45) is 3.63. The van der Waals surface area contributed by atoms with Gasteiger partial charge in [-0.2, -0.15) is 4.98 Å². The molecule has 4 aromatic rings. The normalized spacial score (nSPS) is 11.9.